The second-order valence-corrected chi connectivity index (χ2v) is 3.87. The highest BCUT2D eigenvalue weighted by molar-refractivity contribution is 4.83. The first kappa shape index (κ1) is 10.5. The number of allylic oxidation sites excluding steroid dienone is 1. The molecule has 0 aliphatic rings. The van der Waals surface area contributed by atoms with Crippen LogP contribution in [0.5, 0.6) is 0 Å². The van der Waals surface area contributed by atoms with Crippen LogP contribution in [0, 0.1) is 5.41 Å². The molecule has 0 bridgehead atoms. The zero-order valence-corrected chi connectivity index (χ0v) is 7.68. The Bertz CT molecular complexity index is 122. The minimum absolute atomic E-state index is 0.261. The fraction of sp³-hybridized carbons (Fsp3) is 0.778. The lowest BCUT2D eigenvalue weighted by Gasteiger charge is -2.18. The van der Waals surface area contributed by atoms with Crippen molar-refractivity contribution in [3.63, 3.8) is 0 Å². The van der Waals surface area contributed by atoms with Crippen molar-refractivity contribution in [1.29, 1.82) is 0 Å². The van der Waals surface area contributed by atoms with Crippen LogP contribution in [-0.4, -0.2) is 11.9 Å². The lowest BCUT2D eigenvalue weighted by Crippen LogP contribution is -2.05. The second-order valence-electron chi connectivity index (χ2n) is 3.87. The summed E-state index contributed by atoms with van der Waals surface area (Å²) >= 11 is 0. The molecule has 0 amide bonds. The molecule has 0 heterocycles. The summed E-state index contributed by atoms with van der Waals surface area (Å²) in [6.07, 6.45) is 1.86. The van der Waals surface area contributed by atoms with E-state index in [1.807, 2.05) is 0 Å². The zero-order valence-electron chi connectivity index (χ0n) is 7.68. The number of hydrogen-bond acceptors (Lipinski definition) is 2. The Morgan fingerprint density at radius 3 is 2.36 bits per heavy atom. The zero-order chi connectivity index (χ0) is 8.91. The van der Waals surface area contributed by atoms with Crippen molar-refractivity contribution in [2.45, 2.75) is 33.6 Å². The first-order chi connectivity index (χ1) is 4.95. The molecule has 0 spiro atoms. The van der Waals surface area contributed by atoms with Gasteiger partial charge < -0.3 is 9.84 Å². The van der Waals surface area contributed by atoms with E-state index in [1.165, 1.54) is 0 Å². The second kappa shape index (κ2) is 4.39. The van der Waals surface area contributed by atoms with Gasteiger partial charge in [-0.2, -0.15) is 0 Å². The van der Waals surface area contributed by atoms with E-state index in [2.05, 4.69) is 27.4 Å². The van der Waals surface area contributed by atoms with Gasteiger partial charge in [0.25, 0.3) is 0 Å². The molecule has 2 nitrogen and oxygen atoms in total. The predicted octanol–water partition coefficient (Wildman–Crippen LogP) is 2.29. The summed E-state index contributed by atoms with van der Waals surface area (Å²) in [4.78, 5) is 0. The van der Waals surface area contributed by atoms with Gasteiger partial charge in [-0.25, -0.2) is 0 Å². The third-order valence-electron chi connectivity index (χ3n) is 1.42. The highest BCUT2D eigenvalue weighted by Crippen LogP contribution is 2.22. The first-order valence-corrected chi connectivity index (χ1v) is 3.87. The maximum Gasteiger partial charge on any atom is 0.185 e. The van der Waals surface area contributed by atoms with Crippen molar-refractivity contribution in [3.8, 4) is 0 Å². The van der Waals surface area contributed by atoms with Gasteiger partial charge in [0, 0.05) is 6.42 Å². The Morgan fingerprint density at radius 2 is 2.00 bits per heavy atom. The van der Waals surface area contributed by atoms with E-state index in [0.29, 0.717) is 11.2 Å². The molecule has 0 aliphatic carbocycles. The van der Waals surface area contributed by atoms with Gasteiger partial charge in [-0.1, -0.05) is 27.4 Å². The van der Waals surface area contributed by atoms with E-state index < -0.39 is 0 Å². The Balaban J connectivity index is 3.46. The highest BCUT2D eigenvalue weighted by Gasteiger charge is 2.10. The molecule has 11 heavy (non-hydrogen) atoms. The van der Waals surface area contributed by atoms with Gasteiger partial charge in [-0.05, 0) is 11.8 Å². The highest BCUT2D eigenvalue weighted by atomic mass is 16.6. The van der Waals surface area contributed by atoms with Crippen molar-refractivity contribution in [2.24, 2.45) is 5.41 Å². The molecule has 0 aliphatic heterocycles. The van der Waals surface area contributed by atoms with E-state index in [-0.39, 0.29) is 6.79 Å². The van der Waals surface area contributed by atoms with Gasteiger partial charge in [0.05, 0.1) is 5.76 Å². The molecule has 0 radical (unpaired) electrons. The summed E-state index contributed by atoms with van der Waals surface area (Å²) in [5, 5.41) is 8.38. The van der Waals surface area contributed by atoms with Crippen molar-refractivity contribution in [1.82, 2.24) is 0 Å². The Labute approximate surface area is 68.9 Å². The van der Waals surface area contributed by atoms with E-state index in [9.17, 15) is 0 Å². The summed E-state index contributed by atoms with van der Waals surface area (Å²) in [6, 6.07) is 0. The smallest absolute Gasteiger partial charge is 0.185 e. The molecule has 0 fully saturated rings. The monoisotopic (exact) mass is 158 g/mol. The minimum atomic E-state index is -0.261. The molecule has 0 aromatic carbocycles. The van der Waals surface area contributed by atoms with Crippen LogP contribution >= 0.6 is 0 Å². The fourth-order valence-electron chi connectivity index (χ4n) is 0.678. The van der Waals surface area contributed by atoms with Crippen molar-refractivity contribution >= 4 is 0 Å². The van der Waals surface area contributed by atoms with Crippen molar-refractivity contribution in [2.75, 3.05) is 6.79 Å². The van der Waals surface area contributed by atoms with Crippen LogP contribution in [0.15, 0.2) is 12.3 Å². The summed E-state index contributed by atoms with van der Waals surface area (Å²) in [5.41, 5.74) is 0.307. The first-order valence-electron chi connectivity index (χ1n) is 3.87. The maximum atomic E-state index is 8.38. The lowest BCUT2D eigenvalue weighted by molar-refractivity contribution is 0.0369. The third-order valence-corrected chi connectivity index (χ3v) is 1.42. The molecule has 66 valence electrons. The van der Waals surface area contributed by atoms with Gasteiger partial charge >= 0.3 is 0 Å². The average Bonchev–Trinajstić information content (AvgIpc) is 1.83. The number of aliphatic hydroxyl groups excluding tert-OH is 1. The molecule has 0 rings (SSSR count). The normalized spacial score (nSPS) is 11.3. The van der Waals surface area contributed by atoms with Crippen LogP contribution in [0.2, 0.25) is 0 Å². The molecule has 1 N–H and O–H groups in total. The molecular formula is C9H18O2. The number of ether oxygens (including phenoxy) is 1. The number of rotatable bonds is 4. The Hall–Kier alpha value is -0.500. The van der Waals surface area contributed by atoms with Gasteiger partial charge in [0.2, 0.25) is 0 Å². The van der Waals surface area contributed by atoms with Gasteiger partial charge in [0.1, 0.15) is 0 Å². The Kier molecular flexibility index (Phi) is 4.19. The summed E-state index contributed by atoms with van der Waals surface area (Å²) < 4.78 is 4.80. The summed E-state index contributed by atoms with van der Waals surface area (Å²) in [7, 11) is 0. The molecule has 0 atom stereocenters. The average molecular weight is 158 g/mol. The summed E-state index contributed by atoms with van der Waals surface area (Å²) in [6.45, 7) is 9.90. The lowest BCUT2D eigenvalue weighted by atomic mass is 9.90. The topological polar surface area (TPSA) is 29.5 Å². The molecular weight excluding hydrogens is 140 g/mol. The van der Waals surface area contributed by atoms with Gasteiger partial charge in [-0.3, -0.25) is 0 Å². The van der Waals surface area contributed by atoms with Crippen molar-refractivity contribution in [3.05, 3.63) is 12.3 Å². The Morgan fingerprint density at radius 1 is 1.45 bits per heavy atom. The molecule has 0 saturated heterocycles. The predicted molar refractivity (Wildman–Crippen MR) is 46.0 cm³/mol. The molecule has 0 aromatic heterocycles. The van der Waals surface area contributed by atoms with E-state index in [0.717, 1.165) is 12.8 Å². The standard InChI is InChI=1S/C9H18O2/c1-8(11-7-10)5-6-9(2,3)4/h10H,1,5-7H2,2-4H3. The molecule has 0 unspecified atom stereocenters. The van der Waals surface area contributed by atoms with Crippen molar-refractivity contribution < 1.29 is 9.84 Å². The third kappa shape index (κ3) is 7.40. The minimum Gasteiger partial charge on any atom is -0.473 e. The van der Waals surface area contributed by atoms with Gasteiger partial charge in [-0.15, -0.1) is 0 Å². The molecule has 0 aromatic rings. The van der Waals surface area contributed by atoms with Gasteiger partial charge in [0.15, 0.2) is 6.79 Å². The number of aliphatic hydroxyl groups is 1. The van der Waals surface area contributed by atoms with Crippen LogP contribution in [0.1, 0.15) is 33.6 Å². The molecule has 2 heteroatoms. The summed E-state index contributed by atoms with van der Waals surface area (Å²) in [5.74, 6) is 0.669. The van der Waals surface area contributed by atoms with Crippen LogP contribution in [0.25, 0.3) is 0 Å². The van der Waals surface area contributed by atoms with E-state index in [4.69, 9.17) is 9.84 Å². The van der Waals surface area contributed by atoms with Crippen LogP contribution in [0.3, 0.4) is 0 Å². The maximum absolute atomic E-state index is 8.38. The largest absolute Gasteiger partial charge is 0.473 e. The van der Waals surface area contributed by atoms with Crippen LogP contribution < -0.4 is 0 Å². The molecule has 0 saturated carbocycles. The van der Waals surface area contributed by atoms with Crippen LogP contribution in [0.4, 0.5) is 0 Å². The van der Waals surface area contributed by atoms with Crippen LogP contribution in [-0.2, 0) is 4.74 Å². The fourth-order valence-corrected chi connectivity index (χ4v) is 0.678. The number of hydrogen-bond donors (Lipinski definition) is 1. The van der Waals surface area contributed by atoms with E-state index in [1.54, 1.807) is 0 Å². The SMILES string of the molecule is C=C(CCC(C)(C)C)OCO. The van der Waals surface area contributed by atoms with E-state index >= 15 is 0 Å². The quantitative estimate of drug-likeness (QED) is 0.502.